The highest BCUT2D eigenvalue weighted by Gasteiger charge is 2.07. The summed E-state index contributed by atoms with van der Waals surface area (Å²) in [6, 6.07) is 5.81. The van der Waals surface area contributed by atoms with Crippen molar-refractivity contribution in [2.24, 2.45) is 5.73 Å². The summed E-state index contributed by atoms with van der Waals surface area (Å²) < 4.78 is 10.4. The summed E-state index contributed by atoms with van der Waals surface area (Å²) in [5.74, 6) is 1.46. The zero-order valence-corrected chi connectivity index (χ0v) is 10.9. The average molecular weight is 239 g/mol. The number of nitrogens with zero attached hydrogens (tertiary/aromatic N) is 1. The fourth-order valence-corrected chi connectivity index (χ4v) is 1.40. The topological polar surface area (TPSA) is 59.8 Å². The first-order valence-corrected chi connectivity index (χ1v) is 5.44. The van der Waals surface area contributed by atoms with Crippen LogP contribution in [0.3, 0.4) is 0 Å². The van der Waals surface area contributed by atoms with Crippen molar-refractivity contribution in [3.05, 3.63) is 23.8 Å². The molecule has 96 valence electrons. The maximum absolute atomic E-state index is 5.85. The summed E-state index contributed by atoms with van der Waals surface area (Å²) in [6.45, 7) is 0.680. The van der Waals surface area contributed by atoms with Crippen molar-refractivity contribution < 1.29 is 9.47 Å². The molecule has 0 aliphatic rings. The van der Waals surface area contributed by atoms with E-state index in [0.29, 0.717) is 6.54 Å². The maximum Gasteiger partial charge on any atom is 0.161 e. The van der Waals surface area contributed by atoms with Gasteiger partial charge in [0, 0.05) is 6.54 Å². The molecule has 3 N–H and O–H groups in total. The summed E-state index contributed by atoms with van der Waals surface area (Å²) in [5.41, 5.74) is 6.95. The van der Waals surface area contributed by atoms with Crippen molar-refractivity contribution in [3.8, 4) is 11.5 Å². The lowest BCUT2D eigenvalue weighted by Crippen LogP contribution is -2.47. The van der Waals surface area contributed by atoms with Crippen LogP contribution in [0, 0.1) is 0 Å². The van der Waals surface area contributed by atoms with E-state index in [0.717, 1.165) is 17.1 Å². The molecule has 0 saturated heterocycles. The predicted octanol–water partition coefficient (Wildman–Crippen LogP) is 0.597. The zero-order valence-electron chi connectivity index (χ0n) is 10.9. The van der Waals surface area contributed by atoms with Crippen LogP contribution in [0.15, 0.2) is 18.2 Å². The highest BCUT2D eigenvalue weighted by atomic mass is 16.5. The molecule has 0 fully saturated rings. The van der Waals surface area contributed by atoms with Crippen molar-refractivity contribution in [1.29, 1.82) is 0 Å². The highest BCUT2D eigenvalue weighted by molar-refractivity contribution is 5.42. The third-order valence-electron chi connectivity index (χ3n) is 2.52. The molecule has 0 radical (unpaired) electrons. The Morgan fingerprint density at radius 1 is 1.24 bits per heavy atom. The Bertz CT molecular complexity index is 356. The van der Waals surface area contributed by atoms with E-state index < -0.39 is 0 Å². The molecule has 0 aliphatic carbocycles. The lowest BCUT2D eigenvalue weighted by atomic mass is 10.2. The first-order chi connectivity index (χ1) is 8.08. The second-order valence-electron chi connectivity index (χ2n) is 3.98. The number of hydrogen-bond donors (Lipinski definition) is 2. The van der Waals surface area contributed by atoms with Gasteiger partial charge in [-0.05, 0) is 31.8 Å². The van der Waals surface area contributed by atoms with Crippen LogP contribution in [0.2, 0.25) is 0 Å². The van der Waals surface area contributed by atoms with Gasteiger partial charge < -0.3 is 15.2 Å². The van der Waals surface area contributed by atoms with Gasteiger partial charge in [0.05, 0.1) is 14.2 Å². The summed E-state index contributed by atoms with van der Waals surface area (Å²) in [4.78, 5) is 1.90. The SMILES string of the molecule is COc1ccc(CNC(N)N(C)C)cc1OC. The van der Waals surface area contributed by atoms with Crippen LogP contribution in [-0.4, -0.2) is 39.5 Å². The van der Waals surface area contributed by atoms with Crippen molar-refractivity contribution in [2.75, 3.05) is 28.3 Å². The Hall–Kier alpha value is -1.30. The van der Waals surface area contributed by atoms with Crippen LogP contribution >= 0.6 is 0 Å². The summed E-state index contributed by atoms with van der Waals surface area (Å²) in [7, 11) is 7.09. The Kier molecular flexibility index (Phi) is 5.21. The van der Waals surface area contributed by atoms with E-state index in [9.17, 15) is 0 Å². The van der Waals surface area contributed by atoms with Gasteiger partial charge in [0.1, 0.15) is 6.29 Å². The van der Waals surface area contributed by atoms with E-state index in [-0.39, 0.29) is 6.29 Å². The number of hydrogen-bond acceptors (Lipinski definition) is 5. The van der Waals surface area contributed by atoms with Crippen LogP contribution in [0.4, 0.5) is 0 Å². The Balaban J connectivity index is 2.66. The van der Waals surface area contributed by atoms with Gasteiger partial charge in [0.15, 0.2) is 11.5 Å². The number of benzene rings is 1. The Morgan fingerprint density at radius 2 is 1.88 bits per heavy atom. The van der Waals surface area contributed by atoms with Gasteiger partial charge in [-0.3, -0.25) is 10.2 Å². The highest BCUT2D eigenvalue weighted by Crippen LogP contribution is 2.27. The van der Waals surface area contributed by atoms with Gasteiger partial charge in [0.2, 0.25) is 0 Å². The van der Waals surface area contributed by atoms with Crippen LogP contribution in [-0.2, 0) is 6.54 Å². The molecule has 1 atom stereocenters. The molecule has 17 heavy (non-hydrogen) atoms. The molecule has 1 aromatic carbocycles. The van der Waals surface area contributed by atoms with E-state index in [1.807, 2.05) is 37.2 Å². The first kappa shape index (κ1) is 13.8. The molecule has 0 amide bonds. The lowest BCUT2D eigenvalue weighted by molar-refractivity contribution is 0.251. The molecular weight excluding hydrogens is 218 g/mol. The molecule has 1 aromatic rings. The van der Waals surface area contributed by atoms with Gasteiger partial charge >= 0.3 is 0 Å². The molecule has 5 nitrogen and oxygen atoms in total. The van der Waals surface area contributed by atoms with Gasteiger partial charge in [0.25, 0.3) is 0 Å². The van der Waals surface area contributed by atoms with Crippen LogP contribution in [0.5, 0.6) is 11.5 Å². The third kappa shape index (κ3) is 3.89. The molecule has 0 aromatic heterocycles. The van der Waals surface area contributed by atoms with E-state index in [1.54, 1.807) is 14.2 Å². The molecule has 0 spiro atoms. The molecule has 0 heterocycles. The van der Waals surface area contributed by atoms with E-state index in [1.165, 1.54) is 0 Å². The van der Waals surface area contributed by atoms with Crippen molar-refractivity contribution in [1.82, 2.24) is 10.2 Å². The largest absolute Gasteiger partial charge is 0.493 e. The van der Waals surface area contributed by atoms with Gasteiger partial charge in [-0.1, -0.05) is 6.07 Å². The molecule has 0 aliphatic heterocycles. The number of rotatable bonds is 6. The van der Waals surface area contributed by atoms with Gasteiger partial charge in [-0.25, -0.2) is 0 Å². The molecule has 0 saturated carbocycles. The predicted molar refractivity (Wildman–Crippen MR) is 68.0 cm³/mol. The van der Waals surface area contributed by atoms with E-state index in [2.05, 4.69) is 5.32 Å². The summed E-state index contributed by atoms with van der Waals surface area (Å²) in [6.07, 6.45) is -0.164. The van der Waals surface area contributed by atoms with Crippen molar-refractivity contribution >= 4 is 0 Å². The van der Waals surface area contributed by atoms with E-state index in [4.69, 9.17) is 15.2 Å². The zero-order chi connectivity index (χ0) is 12.8. The molecule has 1 unspecified atom stereocenters. The lowest BCUT2D eigenvalue weighted by Gasteiger charge is -2.21. The van der Waals surface area contributed by atoms with E-state index >= 15 is 0 Å². The molecule has 1 rings (SSSR count). The molecular formula is C12H21N3O2. The fraction of sp³-hybridized carbons (Fsp3) is 0.500. The maximum atomic E-state index is 5.85. The minimum absolute atomic E-state index is 0.164. The van der Waals surface area contributed by atoms with Gasteiger partial charge in [-0.2, -0.15) is 0 Å². The normalized spacial score (nSPS) is 12.6. The Morgan fingerprint density at radius 3 is 2.41 bits per heavy atom. The second kappa shape index (κ2) is 6.44. The Labute approximate surface area is 102 Å². The summed E-state index contributed by atoms with van der Waals surface area (Å²) in [5, 5.41) is 3.19. The van der Waals surface area contributed by atoms with Crippen molar-refractivity contribution in [3.63, 3.8) is 0 Å². The van der Waals surface area contributed by atoms with Crippen LogP contribution in [0.1, 0.15) is 5.56 Å². The number of nitrogens with two attached hydrogens (primary N) is 1. The average Bonchev–Trinajstić information content (AvgIpc) is 2.35. The first-order valence-electron chi connectivity index (χ1n) is 5.44. The quantitative estimate of drug-likeness (QED) is 0.712. The summed E-state index contributed by atoms with van der Waals surface area (Å²) >= 11 is 0. The molecule has 5 heteroatoms. The number of methoxy groups -OCH3 is 2. The van der Waals surface area contributed by atoms with Crippen LogP contribution < -0.4 is 20.5 Å². The fourth-order valence-electron chi connectivity index (χ4n) is 1.40. The minimum Gasteiger partial charge on any atom is -0.493 e. The number of nitrogens with one attached hydrogen (secondary N) is 1. The van der Waals surface area contributed by atoms with Gasteiger partial charge in [-0.15, -0.1) is 0 Å². The minimum atomic E-state index is -0.164. The standard InChI is InChI=1S/C12H21N3O2/c1-15(2)12(13)14-8-9-5-6-10(16-3)11(7-9)17-4/h5-7,12,14H,8,13H2,1-4H3. The monoisotopic (exact) mass is 239 g/mol. The van der Waals surface area contributed by atoms with Crippen molar-refractivity contribution in [2.45, 2.75) is 12.8 Å². The van der Waals surface area contributed by atoms with Crippen LogP contribution in [0.25, 0.3) is 0 Å². The molecule has 0 bridgehead atoms. The number of ether oxygens (including phenoxy) is 2. The smallest absolute Gasteiger partial charge is 0.161 e. The third-order valence-corrected chi connectivity index (χ3v) is 2.52. The second-order valence-corrected chi connectivity index (χ2v) is 3.98.